The Morgan fingerprint density at radius 1 is 0.683 bits per heavy atom. The summed E-state index contributed by atoms with van der Waals surface area (Å²) in [4.78, 5) is 0. The smallest absolute Gasteiger partial charge is 0.187 e. The zero-order valence-electron chi connectivity index (χ0n) is 35.8. The highest BCUT2D eigenvalue weighted by molar-refractivity contribution is 5.29. The maximum atomic E-state index is 11.6. The molecule has 16 heteroatoms. The molecule has 8 N–H and O–H groups in total. The molecule has 26 atom stereocenters. The molecule has 0 aromatic rings. The number of fused-ring (bicyclic) bond motifs is 7. The van der Waals surface area contributed by atoms with Crippen molar-refractivity contribution >= 4 is 0 Å². The average Bonchev–Trinajstić information content (AvgIpc) is 3.66. The normalized spacial score (nSPS) is 59.2. The van der Waals surface area contributed by atoms with Crippen LogP contribution in [0.3, 0.4) is 0 Å². The largest absolute Gasteiger partial charge is 0.393 e. The summed E-state index contributed by atoms with van der Waals surface area (Å²) in [7, 11) is 0. The Labute approximate surface area is 352 Å². The molecule has 4 aliphatic carbocycles. The highest BCUT2D eigenvalue weighted by Crippen LogP contribution is 2.71. The maximum Gasteiger partial charge on any atom is 0.187 e. The zero-order chi connectivity index (χ0) is 42.8. The lowest BCUT2D eigenvalue weighted by molar-refractivity contribution is -0.391. The highest BCUT2D eigenvalue weighted by Gasteiger charge is 2.69. The van der Waals surface area contributed by atoms with Crippen molar-refractivity contribution in [2.75, 3.05) is 13.2 Å². The topological polar surface area (TPSA) is 236 Å². The first-order chi connectivity index (χ1) is 28.4. The minimum atomic E-state index is -1.72. The van der Waals surface area contributed by atoms with Gasteiger partial charge in [-0.15, -0.1) is 0 Å². The Hall–Kier alpha value is -0.900. The van der Waals surface area contributed by atoms with Crippen molar-refractivity contribution in [2.24, 2.45) is 46.3 Å². The van der Waals surface area contributed by atoms with Crippen molar-refractivity contribution in [1.82, 2.24) is 0 Å². The van der Waals surface area contributed by atoms with Crippen molar-refractivity contribution in [1.29, 1.82) is 0 Å². The molecule has 1 spiro atoms. The van der Waals surface area contributed by atoms with E-state index in [9.17, 15) is 40.9 Å². The molecule has 0 radical (unpaired) electrons. The van der Waals surface area contributed by atoms with Crippen molar-refractivity contribution in [2.45, 2.75) is 203 Å². The lowest BCUT2D eigenvalue weighted by atomic mass is 9.46. The number of allylic oxidation sites excluding steroid dienone is 1. The molecule has 16 nitrogen and oxygen atoms in total. The number of ether oxygens (including phenoxy) is 8. The predicted octanol–water partition coefficient (Wildman–Crippen LogP) is 0.852. The second kappa shape index (κ2) is 16.2. The monoisotopic (exact) mass is 854 g/mol. The third kappa shape index (κ3) is 7.01. The third-order valence-corrected chi connectivity index (χ3v) is 17.3. The molecule has 9 rings (SSSR count). The predicted molar refractivity (Wildman–Crippen MR) is 208 cm³/mol. The van der Waals surface area contributed by atoms with Crippen LogP contribution in [0.1, 0.15) is 92.9 Å². The fourth-order valence-electron chi connectivity index (χ4n) is 13.8. The molecule has 3 saturated carbocycles. The van der Waals surface area contributed by atoms with Crippen LogP contribution in [0.25, 0.3) is 0 Å². The van der Waals surface area contributed by atoms with E-state index in [2.05, 4.69) is 33.8 Å². The van der Waals surface area contributed by atoms with Gasteiger partial charge < -0.3 is 78.7 Å². The Kier molecular flexibility index (Phi) is 12.0. The summed E-state index contributed by atoms with van der Waals surface area (Å²) in [6, 6.07) is 0. The molecule has 0 aromatic carbocycles. The summed E-state index contributed by atoms with van der Waals surface area (Å²) in [5, 5.41) is 86.8. The van der Waals surface area contributed by atoms with Gasteiger partial charge >= 0.3 is 0 Å². The van der Waals surface area contributed by atoms with Crippen molar-refractivity contribution in [3.63, 3.8) is 0 Å². The molecule has 8 fully saturated rings. The van der Waals surface area contributed by atoms with Gasteiger partial charge in [0.05, 0.1) is 43.7 Å². The molecule has 60 heavy (non-hydrogen) atoms. The van der Waals surface area contributed by atoms with Crippen molar-refractivity contribution < 1.29 is 78.7 Å². The van der Waals surface area contributed by atoms with Gasteiger partial charge in [0.2, 0.25) is 0 Å². The van der Waals surface area contributed by atoms with Crippen LogP contribution in [0.2, 0.25) is 0 Å². The van der Waals surface area contributed by atoms with Gasteiger partial charge in [-0.25, -0.2) is 0 Å². The first-order valence-corrected chi connectivity index (χ1v) is 22.7. The average molecular weight is 855 g/mol. The van der Waals surface area contributed by atoms with Crippen LogP contribution >= 0.6 is 0 Å². The fraction of sp³-hybridized carbons (Fsp3) is 0.955. The number of hydrogen-bond acceptors (Lipinski definition) is 16. The molecule has 342 valence electrons. The molecule has 5 aliphatic heterocycles. The lowest BCUT2D eigenvalue weighted by Gasteiger charge is -2.60. The lowest BCUT2D eigenvalue weighted by Crippen LogP contribution is -2.66. The first kappa shape index (κ1) is 44.3. The van der Waals surface area contributed by atoms with Gasteiger partial charge in [0.15, 0.2) is 24.7 Å². The van der Waals surface area contributed by atoms with E-state index in [0.717, 1.165) is 50.7 Å². The zero-order valence-corrected chi connectivity index (χ0v) is 35.8. The van der Waals surface area contributed by atoms with Crippen molar-refractivity contribution in [3.05, 3.63) is 11.6 Å². The summed E-state index contributed by atoms with van der Waals surface area (Å²) >= 11 is 0. The van der Waals surface area contributed by atoms with Crippen LogP contribution in [0.4, 0.5) is 0 Å². The van der Waals surface area contributed by atoms with E-state index in [-0.39, 0.29) is 36.4 Å². The molecule has 9 aliphatic rings. The van der Waals surface area contributed by atoms with Gasteiger partial charge in [0, 0.05) is 24.2 Å². The van der Waals surface area contributed by atoms with E-state index in [4.69, 9.17) is 37.9 Å². The van der Waals surface area contributed by atoms with Crippen LogP contribution < -0.4 is 0 Å². The summed E-state index contributed by atoms with van der Waals surface area (Å²) in [6.07, 6.45) is -12.0. The van der Waals surface area contributed by atoms with Crippen molar-refractivity contribution in [3.8, 4) is 0 Å². The quantitative estimate of drug-likeness (QED) is 0.173. The number of rotatable bonds is 6. The number of hydrogen-bond donors (Lipinski definition) is 8. The van der Waals surface area contributed by atoms with Gasteiger partial charge in [0.25, 0.3) is 0 Å². The summed E-state index contributed by atoms with van der Waals surface area (Å²) < 4.78 is 51.1. The second-order valence-electron chi connectivity index (χ2n) is 20.7. The van der Waals surface area contributed by atoms with Gasteiger partial charge in [-0.2, -0.15) is 0 Å². The van der Waals surface area contributed by atoms with Crippen LogP contribution in [-0.2, 0) is 37.9 Å². The molecule has 0 amide bonds. The van der Waals surface area contributed by atoms with Crippen LogP contribution in [-0.4, -0.2) is 164 Å². The highest BCUT2D eigenvalue weighted by atomic mass is 16.8. The van der Waals surface area contributed by atoms with E-state index < -0.39 is 109 Å². The van der Waals surface area contributed by atoms with Gasteiger partial charge in [-0.3, -0.25) is 0 Å². The van der Waals surface area contributed by atoms with Crippen LogP contribution in [0.15, 0.2) is 11.6 Å². The minimum absolute atomic E-state index is 0.0699. The molecule has 0 unspecified atom stereocenters. The SMILES string of the molecule is C[C@@H]1CC[C@@]2(OC1)O[C@H]1C[C@H]3[C@@H]4CC=C5C[C@@H](O)C[C@@H](O[C@@H]6O[C@H](C)[C@H](O)[C@H](O[C@@H]7OC[C@@H](O)[C@H](O)[C@H]7O)[C@H]6O[C@@H]6O[C@@H](C)[C@H](O)[C@@H](O)[C@H]6O)[C@]5(C)[C@H]4CC[C@]3(C)[C@H]1[C@H]2C. The Bertz CT molecular complexity index is 1580. The van der Waals surface area contributed by atoms with E-state index in [1.54, 1.807) is 6.92 Å². The molecule has 0 aromatic heterocycles. The minimum Gasteiger partial charge on any atom is -0.393 e. The van der Waals surface area contributed by atoms with E-state index >= 15 is 0 Å². The van der Waals surface area contributed by atoms with Gasteiger partial charge in [-0.1, -0.05) is 39.3 Å². The third-order valence-electron chi connectivity index (χ3n) is 17.3. The van der Waals surface area contributed by atoms with E-state index in [1.807, 2.05) is 0 Å². The van der Waals surface area contributed by atoms with E-state index in [1.165, 1.54) is 6.92 Å². The summed E-state index contributed by atoms with van der Waals surface area (Å²) in [6.45, 7) is 12.8. The van der Waals surface area contributed by atoms with Crippen LogP contribution in [0.5, 0.6) is 0 Å². The van der Waals surface area contributed by atoms with Gasteiger partial charge in [-0.05, 0) is 87.4 Å². The Balaban J connectivity index is 1.01. The Morgan fingerprint density at radius 2 is 1.38 bits per heavy atom. The molecule has 5 saturated heterocycles. The summed E-state index contributed by atoms with van der Waals surface area (Å²) in [5.41, 5.74) is 0.681. The first-order valence-electron chi connectivity index (χ1n) is 22.7. The Morgan fingerprint density at radius 3 is 2.12 bits per heavy atom. The standard InChI is InChI=1S/C44H70O16/c1-18-9-12-44(54-16-18)19(2)30-28(60-44)15-26-24-8-7-22-13-23(45)14-29(43(22,6)25(24)10-11-42(26,30)5)57-41-38(59-40-36(52)34(50)31(47)20(3)55-40)37(32(48)21(4)56-41)58-39-35(51)33(49)27(46)17-53-39/h7,18-21,23-41,45-52H,8-17H2,1-6H3/t18-,19-,20+,21-,23-,24-,25+,26+,27-,28+,29-,30+,31+,32+,33+,34-,35-,36-,37+,38-,39+,40+,41+,42+,43+,44-/m1/s1. The number of aliphatic hydroxyl groups excluding tert-OH is 8. The fourth-order valence-corrected chi connectivity index (χ4v) is 13.8. The van der Waals surface area contributed by atoms with E-state index in [0.29, 0.717) is 30.1 Å². The molecular formula is C44H70O16. The molecule has 0 bridgehead atoms. The van der Waals surface area contributed by atoms with Crippen LogP contribution in [0, 0.1) is 46.3 Å². The number of aliphatic hydroxyl groups is 8. The van der Waals surface area contributed by atoms with Gasteiger partial charge in [0.1, 0.15) is 54.9 Å². The molecule has 5 heterocycles. The second-order valence-corrected chi connectivity index (χ2v) is 20.7. The molecular weight excluding hydrogens is 784 g/mol. The maximum absolute atomic E-state index is 11.6. The summed E-state index contributed by atoms with van der Waals surface area (Å²) in [5.74, 6) is 1.67.